The van der Waals surface area contributed by atoms with Crippen molar-refractivity contribution in [3.8, 4) is 22.7 Å². The van der Waals surface area contributed by atoms with Crippen molar-refractivity contribution < 1.29 is 14.2 Å². The molecule has 6 rings (SSSR count). The Morgan fingerprint density at radius 2 is 1.82 bits per heavy atom. The molecule has 5 aromatic rings. The summed E-state index contributed by atoms with van der Waals surface area (Å²) in [6.45, 7) is 1.05. The van der Waals surface area contributed by atoms with Gasteiger partial charge in [-0.2, -0.15) is 5.10 Å². The van der Waals surface area contributed by atoms with Gasteiger partial charge >= 0.3 is 0 Å². The van der Waals surface area contributed by atoms with Crippen LogP contribution in [0.1, 0.15) is 5.56 Å². The second kappa shape index (κ2) is 10.6. The number of halogens is 2. The number of hydrogen-bond donors (Lipinski definition) is 0. The van der Waals surface area contributed by atoms with Crippen LogP contribution < -0.4 is 4.74 Å². The Morgan fingerprint density at radius 1 is 0.974 bits per heavy atom. The normalized spacial score (nSPS) is 19.1. The van der Waals surface area contributed by atoms with Crippen molar-refractivity contribution in [1.82, 2.24) is 19.3 Å². The average Bonchev–Trinajstić information content (AvgIpc) is 3.71. The maximum Gasteiger partial charge on any atom is 0.215 e. The summed E-state index contributed by atoms with van der Waals surface area (Å²) < 4.78 is 22.6. The first kappa shape index (κ1) is 24.7. The van der Waals surface area contributed by atoms with E-state index in [1.54, 1.807) is 30.9 Å². The molecule has 2 atom stereocenters. The zero-order valence-corrected chi connectivity index (χ0v) is 21.8. The second-order valence-corrected chi connectivity index (χ2v) is 9.81. The van der Waals surface area contributed by atoms with E-state index in [1.165, 1.54) is 0 Å². The molecule has 0 aliphatic carbocycles. The summed E-state index contributed by atoms with van der Waals surface area (Å²) in [4.78, 5) is 4.14. The van der Waals surface area contributed by atoms with Crippen molar-refractivity contribution in [3.05, 3.63) is 119 Å². The van der Waals surface area contributed by atoms with Crippen molar-refractivity contribution in [2.75, 3.05) is 13.2 Å². The lowest BCUT2D eigenvalue weighted by Crippen LogP contribution is -2.34. The summed E-state index contributed by atoms with van der Waals surface area (Å²) in [6, 6.07) is 25.3. The van der Waals surface area contributed by atoms with Gasteiger partial charge in [-0.15, -0.1) is 0 Å². The quantitative estimate of drug-likeness (QED) is 0.225. The summed E-state index contributed by atoms with van der Waals surface area (Å²) in [7, 11) is 0. The number of imidazole rings is 1. The Morgan fingerprint density at radius 3 is 2.58 bits per heavy atom. The maximum atomic E-state index is 6.56. The van der Waals surface area contributed by atoms with E-state index in [2.05, 4.69) is 10.1 Å². The Labute approximate surface area is 230 Å². The number of aromatic nitrogens is 4. The fraction of sp³-hybridized carbons (Fsp3) is 0.172. The molecule has 1 fully saturated rings. The summed E-state index contributed by atoms with van der Waals surface area (Å²) in [5.74, 6) is -0.351. The summed E-state index contributed by atoms with van der Waals surface area (Å²) in [5, 5.41) is 5.50. The molecule has 3 heterocycles. The molecule has 7 nitrogen and oxygen atoms in total. The van der Waals surface area contributed by atoms with Gasteiger partial charge < -0.3 is 18.8 Å². The van der Waals surface area contributed by atoms with Crippen molar-refractivity contribution in [1.29, 1.82) is 0 Å². The molecule has 2 aromatic heterocycles. The smallest absolute Gasteiger partial charge is 0.215 e. The predicted molar refractivity (Wildman–Crippen MR) is 146 cm³/mol. The first-order valence-corrected chi connectivity index (χ1v) is 12.9. The first-order valence-electron chi connectivity index (χ1n) is 12.2. The molecule has 0 N–H and O–H groups in total. The molecule has 38 heavy (non-hydrogen) atoms. The van der Waals surface area contributed by atoms with Crippen LogP contribution in [0.2, 0.25) is 10.0 Å². The number of rotatable bonds is 8. The minimum Gasteiger partial charge on any atom is -0.491 e. The molecule has 9 heteroatoms. The van der Waals surface area contributed by atoms with E-state index < -0.39 is 5.79 Å². The van der Waals surface area contributed by atoms with E-state index in [0.717, 1.165) is 22.7 Å². The summed E-state index contributed by atoms with van der Waals surface area (Å²) in [5.41, 5.74) is 3.75. The van der Waals surface area contributed by atoms with Gasteiger partial charge in [0.1, 0.15) is 18.5 Å². The topological polar surface area (TPSA) is 63.3 Å². The zero-order chi connectivity index (χ0) is 26.0. The Bertz CT molecular complexity index is 1510. The molecule has 0 bridgehead atoms. The molecule has 0 unspecified atom stereocenters. The lowest BCUT2D eigenvalue weighted by Gasteiger charge is -2.30. The van der Waals surface area contributed by atoms with E-state index in [-0.39, 0.29) is 6.10 Å². The molecule has 0 saturated carbocycles. The van der Waals surface area contributed by atoms with Gasteiger partial charge in [0, 0.05) is 28.5 Å². The maximum absolute atomic E-state index is 6.56. The van der Waals surface area contributed by atoms with Gasteiger partial charge in [0.15, 0.2) is 0 Å². The standard InChI is InChI=1S/C29H24Cl2N4O3/c30-22-8-11-26(27(31)16-22)29(19-34-15-14-32-20-34)37-18-25(38-29)17-36-24-9-6-21(7-10-24)28-12-13-33-35(28)23-4-2-1-3-5-23/h1-16,20,25H,17-19H2/t25-,29+/m0/s1. The van der Waals surface area contributed by atoms with Gasteiger partial charge in [0.2, 0.25) is 5.79 Å². The van der Waals surface area contributed by atoms with E-state index in [1.807, 2.05) is 82.2 Å². The third-order valence-corrected chi connectivity index (χ3v) is 6.93. The van der Waals surface area contributed by atoms with Gasteiger partial charge in [-0.1, -0.05) is 47.5 Å². The fourth-order valence-electron chi connectivity index (χ4n) is 4.58. The molecular weight excluding hydrogens is 523 g/mol. The molecule has 192 valence electrons. The average molecular weight is 547 g/mol. The number of para-hydroxylation sites is 1. The summed E-state index contributed by atoms with van der Waals surface area (Å²) in [6.07, 6.45) is 6.78. The highest BCUT2D eigenvalue weighted by molar-refractivity contribution is 6.35. The Balaban J connectivity index is 1.15. The van der Waals surface area contributed by atoms with Crippen molar-refractivity contribution in [2.24, 2.45) is 0 Å². The molecule has 1 saturated heterocycles. The van der Waals surface area contributed by atoms with Gasteiger partial charge in [0.25, 0.3) is 0 Å². The number of ether oxygens (including phenoxy) is 3. The third kappa shape index (κ3) is 5.06. The monoisotopic (exact) mass is 546 g/mol. The molecule has 3 aromatic carbocycles. The molecule has 1 aliphatic heterocycles. The van der Waals surface area contributed by atoms with Crippen LogP contribution in [0.15, 0.2) is 104 Å². The third-order valence-electron chi connectivity index (χ3n) is 6.38. The number of hydrogen-bond acceptors (Lipinski definition) is 5. The molecule has 0 radical (unpaired) electrons. The van der Waals surface area contributed by atoms with Gasteiger partial charge in [-0.25, -0.2) is 9.67 Å². The van der Waals surface area contributed by atoms with Gasteiger partial charge in [0.05, 0.1) is 42.1 Å². The number of benzene rings is 3. The van der Waals surface area contributed by atoms with Crippen molar-refractivity contribution in [3.63, 3.8) is 0 Å². The van der Waals surface area contributed by atoms with Crippen LogP contribution in [0, 0.1) is 0 Å². The Kier molecular flexibility index (Phi) is 6.91. The van der Waals surface area contributed by atoms with Crippen molar-refractivity contribution in [2.45, 2.75) is 18.4 Å². The zero-order valence-electron chi connectivity index (χ0n) is 20.3. The van der Waals surface area contributed by atoms with E-state index in [0.29, 0.717) is 35.4 Å². The lowest BCUT2D eigenvalue weighted by atomic mass is 10.1. The van der Waals surface area contributed by atoms with E-state index >= 15 is 0 Å². The Hall–Kier alpha value is -3.62. The minimum absolute atomic E-state index is 0.301. The van der Waals surface area contributed by atoms with E-state index in [4.69, 9.17) is 37.4 Å². The molecule has 0 spiro atoms. The van der Waals surface area contributed by atoms with Crippen LogP contribution >= 0.6 is 23.2 Å². The van der Waals surface area contributed by atoms with Crippen LogP contribution in [0.3, 0.4) is 0 Å². The van der Waals surface area contributed by atoms with Crippen LogP contribution in [0.4, 0.5) is 0 Å². The van der Waals surface area contributed by atoms with Crippen LogP contribution in [0.25, 0.3) is 16.9 Å². The SMILES string of the molecule is Clc1ccc([C@]2(Cn3ccnc3)OC[C@H](COc3ccc(-c4ccnn4-c4ccccc4)cc3)O2)c(Cl)c1. The van der Waals surface area contributed by atoms with Crippen LogP contribution in [-0.4, -0.2) is 38.6 Å². The second-order valence-electron chi connectivity index (χ2n) is 8.96. The first-order chi connectivity index (χ1) is 18.6. The lowest BCUT2D eigenvalue weighted by molar-refractivity contribution is -0.189. The minimum atomic E-state index is -1.09. The highest BCUT2D eigenvalue weighted by Crippen LogP contribution is 2.40. The molecular formula is C29H24Cl2N4O3. The van der Waals surface area contributed by atoms with Gasteiger partial charge in [-0.05, 0) is 54.6 Å². The van der Waals surface area contributed by atoms with Crippen molar-refractivity contribution >= 4 is 23.2 Å². The largest absolute Gasteiger partial charge is 0.491 e. The predicted octanol–water partition coefficient (Wildman–Crippen LogP) is 6.39. The molecule has 1 aliphatic rings. The van der Waals surface area contributed by atoms with Crippen LogP contribution in [-0.2, 0) is 21.8 Å². The fourth-order valence-corrected chi connectivity index (χ4v) is 5.14. The van der Waals surface area contributed by atoms with Gasteiger partial charge in [-0.3, -0.25) is 0 Å². The van der Waals surface area contributed by atoms with Crippen LogP contribution in [0.5, 0.6) is 5.75 Å². The van der Waals surface area contributed by atoms with E-state index in [9.17, 15) is 0 Å². The number of nitrogens with zero attached hydrogens (tertiary/aromatic N) is 4. The highest BCUT2D eigenvalue weighted by atomic mass is 35.5. The summed E-state index contributed by atoms with van der Waals surface area (Å²) >= 11 is 12.7. The highest BCUT2D eigenvalue weighted by Gasteiger charge is 2.45. The molecule has 0 amide bonds.